The molecule has 0 rings (SSSR count). The van der Waals surface area contributed by atoms with Crippen LogP contribution < -0.4 is 0 Å². The largest absolute Gasteiger partial charge is 0.673 e. The fraction of sp³-hybridized carbons (Fsp3) is 1.00. The predicted molar refractivity (Wildman–Crippen MR) is 22.9 cm³/mol. The van der Waals surface area contributed by atoms with Gasteiger partial charge in [-0.1, -0.05) is 0 Å². The van der Waals surface area contributed by atoms with Crippen LogP contribution in [-0.4, -0.2) is 19.0 Å². The Morgan fingerprint density at radius 2 is 1.25 bits per heavy atom. The molecule has 0 amide bonds. The van der Waals surface area contributed by atoms with Gasteiger partial charge < -0.3 is 22.4 Å². The van der Waals surface area contributed by atoms with Crippen molar-refractivity contribution in [3.05, 3.63) is 0 Å². The first-order valence-electron chi connectivity index (χ1n) is 1.90. The average Bonchev–Trinajstić information content (AvgIpc) is 1.27. The van der Waals surface area contributed by atoms with Crippen molar-refractivity contribution in [3.63, 3.8) is 0 Å². The summed E-state index contributed by atoms with van der Waals surface area (Å²) in [6, 6.07) is 0. The third-order valence-corrected chi connectivity index (χ3v) is 0. The lowest BCUT2D eigenvalue weighted by atomic mass is 10.3. The van der Waals surface area contributed by atoms with E-state index in [1.807, 2.05) is 0 Å². The van der Waals surface area contributed by atoms with Gasteiger partial charge in [-0.05, 0) is 6.92 Å². The van der Waals surface area contributed by atoms with E-state index in [9.17, 15) is 17.3 Å². The van der Waals surface area contributed by atoms with Gasteiger partial charge in [0.1, 0.15) is 0 Å². The van der Waals surface area contributed by atoms with E-state index in [1.54, 1.807) is 6.92 Å². The summed E-state index contributed by atoms with van der Waals surface area (Å²) >= 11 is 0. The highest BCUT2D eigenvalue weighted by Crippen LogP contribution is 2.06. The zero-order valence-corrected chi connectivity index (χ0v) is 4.24. The van der Waals surface area contributed by atoms with E-state index >= 15 is 0 Å². The van der Waals surface area contributed by atoms with Crippen LogP contribution in [0.2, 0.25) is 0 Å². The van der Waals surface area contributed by atoms with Gasteiger partial charge in [-0.15, -0.1) is 0 Å². The molecule has 6 heteroatoms. The fourth-order valence-corrected chi connectivity index (χ4v) is 0. The van der Waals surface area contributed by atoms with Crippen molar-refractivity contribution < 1.29 is 22.4 Å². The van der Waals surface area contributed by atoms with Crippen molar-refractivity contribution >= 4 is 7.25 Å². The summed E-state index contributed by atoms with van der Waals surface area (Å²) in [7, 11) is -6.00. The van der Waals surface area contributed by atoms with Crippen LogP contribution in [0, 0.1) is 0 Å². The van der Waals surface area contributed by atoms with Crippen LogP contribution in [0.25, 0.3) is 0 Å². The van der Waals surface area contributed by atoms with Gasteiger partial charge in [0.2, 0.25) is 0 Å². The molecule has 0 bridgehead atoms. The molecule has 0 fully saturated rings. The average molecular weight is 133 g/mol. The van der Waals surface area contributed by atoms with Crippen LogP contribution in [0.5, 0.6) is 0 Å². The zero-order chi connectivity index (χ0) is 7.21. The van der Waals surface area contributed by atoms with Gasteiger partial charge in [-0.3, -0.25) is 0 Å². The molecular weight excluding hydrogens is 127 g/mol. The van der Waals surface area contributed by atoms with Crippen molar-refractivity contribution in [3.8, 4) is 0 Å². The minimum Gasteiger partial charge on any atom is -0.418 e. The summed E-state index contributed by atoms with van der Waals surface area (Å²) in [5.41, 5.74) is 0. The third-order valence-electron chi connectivity index (χ3n) is 0. The molecule has 0 aliphatic rings. The summed E-state index contributed by atoms with van der Waals surface area (Å²) in [4.78, 5) is 0. The summed E-state index contributed by atoms with van der Waals surface area (Å²) in [6.45, 7) is 1.93. The molecule has 1 N–H and O–H groups in total. The highest BCUT2D eigenvalue weighted by molar-refractivity contribution is 6.50. The maximum atomic E-state index is 9.75. The monoisotopic (exact) mass is 133 g/mol. The van der Waals surface area contributed by atoms with Crippen LogP contribution >= 0.6 is 0 Å². The molecule has 52 valence electrons. The molecule has 0 aromatic carbocycles. The molecule has 0 aliphatic carbocycles. The minimum absolute atomic E-state index is 0.250. The highest BCUT2D eigenvalue weighted by atomic mass is 19.5. The minimum atomic E-state index is -6.00. The molecule has 0 atom stereocenters. The smallest absolute Gasteiger partial charge is 0.418 e. The standard InChI is InChI=1S/C2H6O.BF4/c1-2-3;2-1(3,4)5/h3H,2H2,1H3;/q;-1. The van der Waals surface area contributed by atoms with Crippen LogP contribution in [-0.2, 0) is 0 Å². The highest BCUT2D eigenvalue weighted by Gasteiger charge is 2.20. The second-order valence-corrected chi connectivity index (χ2v) is 0.811. The first-order chi connectivity index (χ1) is 3.41. The van der Waals surface area contributed by atoms with E-state index in [-0.39, 0.29) is 6.61 Å². The lowest BCUT2D eigenvalue weighted by molar-refractivity contribution is 0.318. The summed E-state index contributed by atoms with van der Waals surface area (Å²) in [5, 5.41) is 7.57. The topological polar surface area (TPSA) is 20.2 Å². The molecule has 0 aromatic heterocycles. The van der Waals surface area contributed by atoms with Crippen molar-refractivity contribution in [2.75, 3.05) is 6.61 Å². The van der Waals surface area contributed by atoms with Crippen molar-refractivity contribution in [2.24, 2.45) is 0 Å². The Labute approximate surface area is 44.4 Å². The van der Waals surface area contributed by atoms with Crippen molar-refractivity contribution in [1.29, 1.82) is 0 Å². The molecule has 1 nitrogen and oxygen atoms in total. The van der Waals surface area contributed by atoms with E-state index in [4.69, 9.17) is 5.11 Å². The molecule has 0 aromatic rings. The summed E-state index contributed by atoms with van der Waals surface area (Å²) in [6.07, 6.45) is 0. The Bertz CT molecular complexity index is 37.8. The number of aliphatic hydroxyl groups is 1. The second-order valence-electron chi connectivity index (χ2n) is 0.811. The SMILES string of the molecule is CCO.F[B-](F)(F)F. The number of aliphatic hydroxyl groups excluding tert-OH is 1. The van der Waals surface area contributed by atoms with Crippen LogP contribution in [0.1, 0.15) is 6.92 Å². The molecule has 0 spiro atoms. The summed E-state index contributed by atoms with van der Waals surface area (Å²) in [5.74, 6) is 0. The van der Waals surface area contributed by atoms with E-state index < -0.39 is 7.25 Å². The molecule has 0 saturated carbocycles. The second kappa shape index (κ2) is 4.89. The number of halogens is 4. The van der Waals surface area contributed by atoms with Gasteiger partial charge in [-0.2, -0.15) is 0 Å². The quantitative estimate of drug-likeness (QED) is 0.390. The van der Waals surface area contributed by atoms with Crippen LogP contribution in [0.3, 0.4) is 0 Å². The van der Waals surface area contributed by atoms with E-state index in [0.717, 1.165) is 0 Å². The first kappa shape index (κ1) is 10.7. The molecule has 0 aliphatic heterocycles. The van der Waals surface area contributed by atoms with Crippen molar-refractivity contribution in [1.82, 2.24) is 0 Å². The Balaban J connectivity index is 0. The maximum absolute atomic E-state index is 9.75. The third kappa shape index (κ3) is 1990. The molecule has 0 heterocycles. The molecular formula is C2H6BF4O-. The van der Waals surface area contributed by atoms with Crippen LogP contribution in [0.4, 0.5) is 17.3 Å². The van der Waals surface area contributed by atoms with E-state index in [0.29, 0.717) is 0 Å². The molecule has 0 radical (unpaired) electrons. The van der Waals surface area contributed by atoms with E-state index in [2.05, 4.69) is 0 Å². The van der Waals surface area contributed by atoms with Gasteiger partial charge in [0.15, 0.2) is 0 Å². The van der Waals surface area contributed by atoms with E-state index in [1.165, 1.54) is 0 Å². The molecule has 0 saturated heterocycles. The Hall–Kier alpha value is -0.255. The van der Waals surface area contributed by atoms with Gasteiger partial charge in [0.25, 0.3) is 0 Å². The van der Waals surface area contributed by atoms with Gasteiger partial charge in [-0.25, -0.2) is 0 Å². The van der Waals surface area contributed by atoms with Gasteiger partial charge in [0, 0.05) is 6.61 Å². The lowest BCUT2D eigenvalue weighted by Gasteiger charge is -1.94. The normalized spacial score (nSPS) is 9.75. The summed E-state index contributed by atoms with van der Waals surface area (Å²) < 4.78 is 39.0. The van der Waals surface area contributed by atoms with Crippen LogP contribution in [0.15, 0.2) is 0 Å². The number of hydrogen-bond donors (Lipinski definition) is 1. The van der Waals surface area contributed by atoms with Gasteiger partial charge in [0.05, 0.1) is 0 Å². The number of rotatable bonds is 0. The lowest BCUT2D eigenvalue weighted by Crippen LogP contribution is -2.02. The fourth-order valence-electron chi connectivity index (χ4n) is 0. The first-order valence-corrected chi connectivity index (χ1v) is 1.90. The molecule has 0 unspecified atom stereocenters. The predicted octanol–water partition coefficient (Wildman–Crippen LogP) is 1.30. The molecule has 8 heavy (non-hydrogen) atoms. The zero-order valence-electron chi connectivity index (χ0n) is 4.24. The Morgan fingerprint density at radius 1 is 1.25 bits per heavy atom. The number of hydrogen-bond acceptors (Lipinski definition) is 1. The van der Waals surface area contributed by atoms with Gasteiger partial charge >= 0.3 is 7.25 Å². The Morgan fingerprint density at radius 3 is 1.25 bits per heavy atom. The maximum Gasteiger partial charge on any atom is 0.673 e. The Kier molecular flexibility index (Phi) is 6.53. The van der Waals surface area contributed by atoms with Crippen molar-refractivity contribution in [2.45, 2.75) is 6.92 Å².